The third-order valence-electron chi connectivity index (χ3n) is 3.27. The van der Waals surface area contributed by atoms with E-state index < -0.39 is 0 Å². The standard InChI is InChI=1S/C12H14ClN3/c1-16-10-6-2-4-8(13)11(10)15-12(16)9-5-3-7-14-9/h2,4,6,9,14H,3,5,7H2,1H3. The van der Waals surface area contributed by atoms with Gasteiger partial charge in [0.25, 0.3) is 0 Å². The lowest BCUT2D eigenvalue weighted by molar-refractivity contribution is 0.584. The van der Waals surface area contributed by atoms with Gasteiger partial charge < -0.3 is 9.88 Å². The molecule has 2 aromatic rings. The zero-order valence-electron chi connectivity index (χ0n) is 9.20. The molecule has 0 amide bonds. The quantitative estimate of drug-likeness (QED) is 0.824. The molecular weight excluding hydrogens is 222 g/mol. The van der Waals surface area contributed by atoms with E-state index in [1.54, 1.807) is 0 Å². The fraction of sp³-hybridized carbons (Fsp3) is 0.417. The number of aryl methyl sites for hydroxylation is 1. The van der Waals surface area contributed by atoms with Crippen molar-refractivity contribution < 1.29 is 0 Å². The van der Waals surface area contributed by atoms with Crippen molar-refractivity contribution in [2.24, 2.45) is 7.05 Å². The van der Waals surface area contributed by atoms with Gasteiger partial charge in [-0.25, -0.2) is 4.98 Å². The Balaban J connectivity index is 2.18. The van der Waals surface area contributed by atoms with Gasteiger partial charge in [0.05, 0.1) is 16.6 Å². The molecule has 1 aromatic heterocycles. The fourth-order valence-electron chi connectivity index (χ4n) is 2.41. The van der Waals surface area contributed by atoms with Crippen LogP contribution in [0.25, 0.3) is 11.0 Å². The highest BCUT2D eigenvalue weighted by atomic mass is 35.5. The topological polar surface area (TPSA) is 29.9 Å². The van der Waals surface area contributed by atoms with Gasteiger partial charge >= 0.3 is 0 Å². The first-order valence-corrected chi connectivity index (χ1v) is 5.99. The first-order valence-electron chi connectivity index (χ1n) is 5.61. The van der Waals surface area contributed by atoms with E-state index in [4.69, 9.17) is 11.6 Å². The van der Waals surface area contributed by atoms with E-state index in [2.05, 4.69) is 28.0 Å². The van der Waals surface area contributed by atoms with Gasteiger partial charge in [0.2, 0.25) is 0 Å². The maximum Gasteiger partial charge on any atom is 0.126 e. The largest absolute Gasteiger partial charge is 0.330 e. The van der Waals surface area contributed by atoms with Crippen molar-refractivity contribution in [3.63, 3.8) is 0 Å². The zero-order valence-corrected chi connectivity index (χ0v) is 9.96. The van der Waals surface area contributed by atoms with E-state index in [0.29, 0.717) is 6.04 Å². The van der Waals surface area contributed by atoms with E-state index in [9.17, 15) is 0 Å². The molecule has 1 aliphatic heterocycles. The van der Waals surface area contributed by atoms with Crippen molar-refractivity contribution in [1.82, 2.24) is 14.9 Å². The average molecular weight is 236 g/mol. The number of para-hydroxylation sites is 1. The number of hydrogen-bond donors (Lipinski definition) is 1. The highest BCUT2D eigenvalue weighted by Crippen LogP contribution is 2.28. The molecule has 0 bridgehead atoms. The molecule has 16 heavy (non-hydrogen) atoms. The summed E-state index contributed by atoms with van der Waals surface area (Å²) in [6, 6.07) is 6.31. The fourth-order valence-corrected chi connectivity index (χ4v) is 2.63. The van der Waals surface area contributed by atoms with Crippen LogP contribution in [0.5, 0.6) is 0 Å². The first kappa shape index (κ1) is 10.1. The number of nitrogens with one attached hydrogen (secondary N) is 1. The van der Waals surface area contributed by atoms with Crippen molar-refractivity contribution in [3.05, 3.63) is 29.0 Å². The summed E-state index contributed by atoms with van der Waals surface area (Å²) in [5.41, 5.74) is 2.02. The molecule has 2 heterocycles. The molecule has 1 unspecified atom stereocenters. The molecule has 1 N–H and O–H groups in total. The number of benzene rings is 1. The molecular formula is C12H14ClN3. The van der Waals surface area contributed by atoms with Gasteiger partial charge in [0.15, 0.2) is 0 Å². The monoisotopic (exact) mass is 235 g/mol. The van der Waals surface area contributed by atoms with Crippen LogP contribution < -0.4 is 5.32 Å². The zero-order chi connectivity index (χ0) is 11.1. The number of aromatic nitrogens is 2. The summed E-state index contributed by atoms with van der Waals surface area (Å²) in [5, 5.41) is 4.20. The Morgan fingerprint density at radius 3 is 3.06 bits per heavy atom. The van der Waals surface area contributed by atoms with Crippen molar-refractivity contribution in [2.75, 3.05) is 6.54 Å². The summed E-state index contributed by atoms with van der Waals surface area (Å²) in [5.74, 6) is 1.10. The number of halogens is 1. The summed E-state index contributed by atoms with van der Waals surface area (Å²) in [4.78, 5) is 4.66. The predicted molar refractivity (Wildman–Crippen MR) is 65.7 cm³/mol. The molecule has 4 heteroatoms. The van der Waals surface area contributed by atoms with Gasteiger partial charge in [-0.2, -0.15) is 0 Å². The van der Waals surface area contributed by atoms with Crippen LogP contribution in [0.4, 0.5) is 0 Å². The van der Waals surface area contributed by atoms with E-state index in [1.807, 2.05) is 12.1 Å². The molecule has 3 rings (SSSR count). The third-order valence-corrected chi connectivity index (χ3v) is 3.57. The minimum Gasteiger partial charge on any atom is -0.330 e. The SMILES string of the molecule is Cn1c(C2CCCN2)nc2c(Cl)cccc21. The van der Waals surface area contributed by atoms with Crippen molar-refractivity contribution >= 4 is 22.6 Å². The van der Waals surface area contributed by atoms with Crippen molar-refractivity contribution in [1.29, 1.82) is 0 Å². The maximum absolute atomic E-state index is 6.15. The number of hydrogen-bond acceptors (Lipinski definition) is 2. The van der Waals surface area contributed by atoms with Crippen LogP contribution in [0.3, 0.4) is 0 Å². The predicted octanol–water partition coefficient (Wildman–Crippen LogP) is 2.65. The second-order valence-electron chi connectivity index (χ2n) is 4.29. The molecule has 3 nitrogen and oxygen atoms in total. The summed E-state index contributed by atoms with van der Waals surface area (Å²) >= 11 is 6.15. The lowest BCUT2D eigenvalue weighted by Crippen LogP contribution is -2.16. The maximum atomic E-state index is 6.15. The molecule has 1 aliphatic rings. The van der Waals surface area contributed by atoms with E-state index in [0.717, 1.165) is 34.8 Å². The Hall–Kier alpha value is -1.06. The second-order valence-corrected chi connectivity index (χ2v) is 4.69. The van der Waals surface area contributed by atoms with Gasteiger partial charge in [-0.3, -0.25) is 0 Å². The van der Waals surface area contributed by atoms with Crippen LogP contribution in [0.15, 0.2) is 18.2 Å². The number of nitrogens with zero attached hydrogens (tertiary/aromatic N) is 2. The minimum absolute atomic E-state index is 0.383. The van der Waals surface area contributed by atoms with Crippen molar-refractivity contribution in [2.45, 2.75) is 18.9 Å². The Morgan fingerprint density at radius 1 is 1.50 bits per heavy atom. The normalized spacial score (nSPS) is 20.8. The molecule has 0 aliphatic carbocycles. The van der Waals surface area contributed by atoms with Crippen LogP contribution in [0, 0.1) is 0 Å². The molecule has 1 aromatic carbocycles. The summed E-state index contributed by atoms with van der Waals surface area (Å²) in [7, 11) is 2.06. The smallest absolute Gasteiger partial charge is 0.126 e. The van der Waals surface area contributed by atoms with Crippen LogP contribution in [0.2, 0.25) is 5.02 Å². The Labute approximate surface area is 99.4 Å². The van der Waals surface area contributed by atoms with E-state index in [1.165, 1.54) is 6.42 Å². The Bertz CT molecular complexity index is 526. The number of fused-ring (bicyclic) bond motifs is 1. The van der Waals surface area contributed by atoms with E-state index in [-0.39, 0.29) is 0 Å². The summed E-state index contributed by atoms with van der Waals surface area (Å²) in [6.07, 6.45) is 2.39. The first-order chi connectivity index (χ1) is 7.77. The molecule has 0 spiro atoms. The molecule has 1 atom stereocenters. The Morgan fingerprint density at radius 2 is 2.38 bits per heavy atom. The van der Waals surface area contributed by atoms with Crippen LogP contribution in [-0.2, 0) is 7.05 Å². The van der Waals surface area contributed by atoms with Crippen LogP contribution >= 0.6 is 11.6 Å². The lowest BCUT2D eigenvalue weighted by atomic mass is 10.2. The van der Waals surface area contributed by atoms with Crippen molar-refractivity contribution in [3.8, 4) is 0 Å². The molecule has 0 radical (unpaired) electrons. The number of imidazole rings is 1. The van der Waals surface area contributed by atoms with Crippen LogP contribution in [-0.4, -0.2) is 16.1 Å². The lowest BCUT2D eigenvalue weighted by Gasteiger charge is -2.09. The molecule has 1 fully saturated rings. The van der Waals surface area contributed by atoms with E-state index >= 15 is 0 Å². The molecule has 0 saturated carbocycles. The van der Waals surface area contributed by atoms with Gasteiger partial charge in [-0.1, -0.05) is 17.7 Å². The molecule has 84 valence electrons. The Kier molecular flexibility index (Phi) is 2.37. The van der Waals surface area contributed by atoms with Gasteiger partial charge in [0, 0.05) is 7.05 Å². The summed E-state index contributed by atoms with van der Waals surface area (Å²) < 4.78 is 2.14. The van der Waals surface area contributed by atoms with Gasteiger partial charge in [0.1, 0.15) is 11.3 Å². The van der Waals surface area contributed by atoms with Gasteiger partial charge in [-0.05, 0) is 31.5 Å². The van der Waals surface area contributed by atoms with Crippen LogP contribution in [0.1, 0.15) is 24.7 Å². The minimum atomic E-state index is 0.383. The average Bonchev–Trinajstić information content (AvgIpc) is 2.88. The highest BCUT2D eigenvalue weighted by Gasteiger charge is 2.22. The second kappa shape index (κ2) is 3.75. The third kappa shape index (κ3) is 1.43. The number of rotatable bonds is 1. The van der Waals surface area contributed by atoms with Gasteiger partial charge in [-0.15, -0.1) is 0 Å². The molecule has 1 saturated heterocycles. The summed E-state index contributed by atoms with van der Waals surface area (Å²) in [6.45, 7) is 1.08. The highest BCUT2D eigenvalue weighted by molar-refractivity contribution is 6.34.